The fourth-order valence-corrected chi connectivity index (χ4v) is 2.97. The van der Waals surface area contributed by atoms with Gasteiger partial charge in [0.1, 0.15) is 17.3 Å². The maximum Gasteiger partial charge on any atom is 0.326 e. The maximum absolute atomic E-state index is 12.3. The molecule has 0 aliphatic rings. The lowest BCUT2D eigenvalue weighted by atomic mass is 10.1. The van der Waals surface area contributed by atoms with Crippen molar-refractivity contribution in [3.8, 4) is 0 Å². The molecular weight excluding hydrogens is 408 g/mol. The Morgan fingerprint density at radius 3 is 2.55 bits per heavy atom. The van der Waals surface area contributed by atoms with Gasteiger partial charge in [0.25, 0.3) is 5.91 Å². The molecule has 3 heterocycles. The Balaban J connectivity index is 1.71. The summed E-state index contributed by atoms with van der Waals surface area (Å²) in [6, 6.07) is 3.26. The molecule has 12 nitrogen and oxygen atoms in total. The standard InChI is InChI=1S/C19H20N6O6/c1-9(8-25-7-6-10-15(25)16(20)24-19(21)23-10)12-3-4-13(31-12)17(28)22-11(18(29)30)2-5-14(26)27/h3-4,6-7,11H,1-2,5,8H2,(H,22,28)(H,26,27)(H,29,30)(H4,20,21,23,24)/t11-/m0/s1. The van der Waals surface area contributed by atoms with Crippen LogP contribution in [-0.2, 0) is 16.1 Å². The number of nitrogens with zero attached hydrogens (tertiary/aromatic N) is 3. The zero-order valence-electron chi connectivity index (χ0n) is 16.2. The van der Waals surface area contributed by atoms with E-state index < -0.39 is 30.3 Å². The number of furan rings is 1. The van der Waals surface area contributed by atoms with E-state index in [1.165, 1.54) is 12.1 Å². The second-order valence-electron chi connectivity index (χ2n) is 6.71. The number of carbonyl (C=O) groups excluding carboxylic acids is 1. The summed E-state index contributed by atoms with van der Waals surface area (Å²) in [7, 11) is 0. The van der Waals surface area contributed by atoms with E-state index in [1.807, 2.05) is 0 Å². The van der Waals surface area contributed by atoms with Crippen LogP contribution in [0.5, 0.6) is 0 Å². The fraction of sp³-hybridized carbons (Fsp3) is 0.211. The Morgan fingerprint density at radius 1 is 1.16 bits per heavy atom. The summed E-state index contributed by atoms with van der Waals surface area (Å²) < 4.78 is 7.26. The molecule has 0 aliphatic carbocycles. The van der Waals surface area contributed by atoms with Crippen molar-refractivity contribution in [2.24, 2.45) is 0 Å². The lowest BCUT2D eigenvalue weighted by Crippen LogP contribution is -2.41. The first kappa shape index (κ1) is 21.4. The third-order valence-electron chi connectivity index (χ3n) is 4.44. The van der Waals surface area contributed by atoms with Crippen LogP contribution >= 0.6 is 0 Å². The largest absolute Gasteiger partial charge is 0.481 e. The molecule has 3 rings (SSSR count). The third-order valence-corrected chi connectivity index (χ3v) is 4.44. The van der Waals surface area contributed by atoms with Crippen LogP contribution in [0, 0.1) is 0 Å². The highest BCUT2D eigenvalue weighted by atomic mass is 16.4. The average molecular weight is 428 g/mol. The zero-order chi connectivity index (χ0) is 22.7. The number of nitrogens with one attached hydrogen (secondary N) is 1. The SMILES string of the molecule is C=C(Cn1ccc2nc(N)nc(N)c21)c1ccc(C(=O)N[C@@H](CCC(=O)O)C(=O)O)o1. The summed E-state index contributed by atoms with van der Waals surface area (Å²) in [4.78, 5) is 42.3. The molecule has 162 valence electrons. The number of amides is 1. The number of rotatable bonds is 9. The Hall–Kier alpha value is -4.35. The molecule has 1 atom stereocenters. The van der Waals surface area contributed by atoms with Crippen molar-refractivity contribution >= 4 is 46.2 Å². The molecule has 31 heavy (non-hydrogen) atoms. The topological polar surface area (TPSA) is 200 Å². The van der Waals surface area contributed by atoms with Gasteiger partial charge in [0.2, 0.25) is 5.95 Å². The van der Waals surface area contributed by atoms with Gasteiger partial charge in [0.05, 0.1) is 12.1 Å². The summed E-state index contributed by atoms with van der Waals surface area (Å²) in [5.41, 5.74) is 13.2. The van der Waals surface area contributed by atoms with Crippen LogP contribution in [0.3, 0.4) is 0 Å². The molecule has 12 heteroatoms. The molecule has 3 aromatic heterocycles. The van der Waals surface area contributed by atoms with E-state index in [-0.39, 0.29) is 30.5 Å². The van der Waals surface area contributed by atoms with Gasteiger partial charge in [0.15, 0.2) is 11.6 Å². The van der Waals surface area contributed by atoms with Gasteiger partial charge in [-0.15, -0.1) is 0 Å². The van der Waals surface area contributed by atoms with Crippen molar-refractivity contribution in [2.45, 2.75) is 25.4 Å². The number of aromatic nitrogens is 3. The van der Waals surface area contributed by atoms with Crippen molar-refractivity contribution < 1.29 is 29.0 Å². The molecule has 7 N–H and O–H groups in total. The van der Waals surface area contributed by atoms with Crippen molar-refractivity contribution in [1.82, 2.24) is 19.9 Å². The Kier molecular flexibility index (Phi) is 5.90. The number of carboxylic acid groups (broad SMARTS) is 2. The summed E-state index contributed by atoms with van der Waals surface area (Å²) in [5.74, 6) is -2.84. The highest BCUT2D eigenvalue weighted by molar-refractivity contribution is 5.94. The van der Waals surface area contributed by atoms with Crippen LogP contribution in [0.4, 0.5) is 11.8 Å². The van der Waals surface area contributed by atoms with Gasteiger partial charge >= 0.3 is 11.9 Å². The number of allylic oxidation sites excluding steroid dienone is 1. The van der Waals surface area contributed by atoms with Gasteiger partial charge in [0, 0.05) is 18.2 Å². The van der Waals surface area contributed by atoms with Crippen molar-refractivity contribution in [1.29, 1.82) is 0 Å². The van der Waals surface area contributed by atoms with E-state index in [4.69, 9.17) is 26.1 Å². The number of carboxylic acids is 2. The number of nitrogens with two attached hydrogens (primary N) is 2. The molecule has 3 aromatic rings. The Labute approximate surface area is 175 Å². The van der Waals surface area contributed by atoms with E-state index in [1.54, 1.807) is 16.8 Å². The second-order valence-corrected chi connectivity index (χ2v) is 6.71. The predicted molar refractivity (Wildman–Crippen MR) is 110 cm³/mol. The van der Waals surface area contributed by atoms with Gasteiger partial charge in [-0.1, -0.05) is 6.58 Å². The van der Waals surface area contributed by atoms with Crippen LogP contribution in [0.2, 0.25) is 0 Å². The zero-order valence-corrected chi connectivity index (χ0v) is 16.2. The smallest absolute Gasteiger partial charge is 0.326 e. The molecule has 0 spiro atoms. The number of aliphatic carboxylic acids is 2. The van der Waals surface area contributed by atoms with E-state index in [2.05, 4.69) is 21.9 Å². The minimum absolute atomic E-state index is 0.0614. The van der Waals surface area contributed by atoms with Gasteiger partial charge in [-0.05, 0) is 24.6 Å². The molecule has 0 fully saturated rings. The first-order chi connectivity index (χ1) is 14.7. The number of nitrogen functional groups attached to an aromatic ring is 2. The van der Waals surface area contributed by atoms with Crippen LogP contribution in [-0.4, -0.2) is 48.6 Å². The van der Waals surface area contributed by atoms with Crippen LogP contribution in [0.25, 0.3) is 16.6 Å². The van der Waals surface area contributed by atoms with Gasteiger partial charge in [-0.25, -0.2) is 9.78 Å². The fourth-order valence-electron chi connectivity index (χ4n) is 2.97. The average Bonchev–Trinajstić information content (AvgIpc) is 3.32. The monoisotopic (exact) mass is 428 g/mol. The van der Waals surface area contributed by atoms with E-state index in [9.17, 15) is 14.4 Å². The van der Waals surface area contributed by atoms with Crippen molar-refractivity contribution in [2.75, 3.05) is 11.5 Å². The molecule has 0 unspecified atom stereocenters. The molecule has 0 saturated heterocycles. The molecule has 0 radical (unpaired) electrons. The summed E-state index contributed by atoms with van der Waals surface area (Å²) in [5, 5.41) is 20.1. The summed E-state index contributed by atoms with van der Waals surface area (Å²) in [6.45, 7) is 4.21. The molecular formula is C19H20N6O6. The van der Waals surface area contributed by atoms with Crippen molar-refractivity contribution in [3.05, 3.63) is 42.5 Å². The number of hydrogen-bond donors (Lipinski definition) is 5. The number of hydrogen-bond acceptors (Lipinski definition) is 8. The molecule has 0 aromatic carbocycles. The third kappa shape index (κ3) is 4.80. The van der Waals surface area contributed by atoms with Crippen LogP contribution in [0.1, 0.15) is 29.2 Å². The second kappa shape index (κ2) is 8.57. The van der Waals surface area contributed by atoms with Crippen LogP contribution in [0.15, 0.2) is 35.4 Å². The molecule has 0 saturated carbocycles. The molecule has 1 amide bonds. The van der Waals surface area contributed by atoms with Gasteiger partial charge in [-0.3, -0.25) is 9.59 Å². The lowest BCUT2D eigenvalue weighted by Gasteiger charge is -2.12. The molecule has 0 aliphatic heterocycles. The first-order valence-corrected chi connectivity index (χ1v) is 9.07. The van der Waals surface area contributed by atoms with Gasteiger partial charge in [-0.2, -0.15) is 4.98 Å². The van der Waals surface area contributed by atoms with Gasteiger partial charge < -0.3 is 36.0 Å². The summed E-state index contributed by atoms with van der Waals surface area (Å²) in [6.07, 6.45) is 1.07. The van der Waals surface area contributed by atoms with E-state index in [0.717, 1.165) is 0 Å². The maximum atomic E-state index is 12.3. The van der Waals surface area contributed by atoms with Crippen molar-refractivity contribution in [3.63, 3.8) is 0 Å². The number of carbonyl (C=O) groups is 3. The number of fused-ring (bicyclic) bond motifs is 1. The molecule has 0 bridgehead atoms. The highest BCUT2D eigenvalue weighted by Crippen LogP contribution is 2.24. The lowest BCUT2D eigenvalue weighted by molar-refractivity contribution is -0.140. The highest BCUT2D eigenvalue weighted by Gasteiger charge is 2.23. The minimum Gasteiger partial charge on any atom is -0.481 e. The van der Waals surface area contributed by atoms with E-state index in [0.29, 0.717) is 22.4 Å². The van der Waals surface area contributed by atoms with Crippen LogP contribution < -0.4 is 16.8 Å². The Bertz CT molecular complexity index is 1180. The van der Waals surface area contributed by atoms with E-state index >= 15 is 0 Å². The minimum atomic E-state index is -1.36. The first-order valence-electron chi connectivity index (χ1n) is 9.07. The summed E-state index contributed by atoms with van der Waals surface area (Å²) >= 11 is 0. The Morgan fingerprint density at radius 2 is 1.87 bits per heavy atom. The quantitative estimate of drug-likeness (QED) is 0.327. The number of anilines is 2. The predicted octanol–water partition coefficient (Wildman–Crippen LogP) is 0.950. The normalized spacial score (nSPS) is 11.9.